The lowest BCUT2D eigenvalue weighted by Crippen LogP contribution is -1.97. The van der Waals surface area contributed by atoms with Gasteiger partial charge in [0.25, 0.3) is 0 Å². The van der Waals surface area contributed by atoms with Gasteiger partial charge in [-0.3, -0.25) is 4.79 Å². The third kappa shape index (κ3) is 5.90. The molecular weight excluding hydrogens is 123 g/mol. The van der Waals surface area contributed by atoms with Gasteiger partial charge in [0.15, 0.2) is 0 Å². The van der Waals surface area contributed by atoms with Gasteiger partial charge >= 0.3 is 0 Å². The molecule has 0 spiro atoms. The summed E-state index contributed by atoms with van der Waals surface area (Å²) in [7, 11) is -2.07. The summed E-state index contributed by atoms with van der Waals surface area (Å²) in [6.45, 7) is 4.70. The highest BCUT2D eigenvalue weighted by atomic mass is 31.2. The van der Waals surface area contributed by atoms with E-state index in [1.54, 1.807) is 13.3 Å². The summed E-state index contributed by atoms with van der Waals surface area (Å²) in [4.78, 5) is 10.3. The molecule has 0 heterocycles. The molecule has 0 bridgehead atoms. The van der Waals surface area contributed by atoms with Crippen molar-refractivity contribution < 1.29 is 9.36 Å². The quantitative estimate of drug-likeness (QED) is 0.532. The number of Topliss-reactive ketones (excluding diaryl/α,β-unsaturated/α-hetero) is 1. The van der Waals surface area contributed by atoms with Crippen LogP contribution >= 0.6 is 7.14 Å². The van der Waals surface area contributed by atoms with Gasteiger partial charge in [-0.15, -0.1) is 0 Å². The Hall–Kier alpha value is -0.100. The molecule has 8 heavy (non-hydrogen) atoms. The van der Waals surface area contributed by atoms with Gasteiger partial charge in [0, 0.05) is 0 Å². The van der Waals surface area contributed by atoms with Crippen LogP contribution < -0.4 is 0 Å². The third-order valence-electron chi connectivity index (χ3n) is 0.603. The van der Waals surface area contributed by atoms with Crippen LogP contribution in [-0.4, -0.2) is 25.3 Å². The predicted octanol–water partition coefficient (Wildman–Crippen LogP) is 1.20. The van der Waals surface area contributed by atoms with E-state index in [2.05, 4.69) is 0 Å². The lowest BCUT2D eigenvalue weighted by atomic mass is 10.5. The first-order chi connectivity index (χ1) is 3.42. The van der Waals surface area contributed by atoms with Crippen LogP contribution in [0.25, 0.3) is 0 Å². The summed E-state index contributed by atoms with van der Waals surface area (Å²) < 4.78 is 10.8. The topological polar surface area (TPSA) is 34.1 Å². The van der Waals surface area contributed by atoms with Crippen molar-refractivity contribution in [2.24, 2.45) is 0 Å². The van der Waals surface area contributed by atoms with Crippen LogP contribution in [0.5, 0.6) is 0 Å². The third-order valence-corrected chi connectivity index (χ3v) is 1.81. The smallest absolute Gasteiger partial charge is 0.137 e. The maximum Gasteiger partial charge on any atom is 0.137 e. The van der Waals surface area contributed by atoms with Crippen LogP contribution in [-0.2, 0) is 9.36 Å². The maximum absolute atomic E-state index is 10.8. The average molecular weight is 134 g/mol. The molecule has 0 amide bonds. The SMILES string of the molecule is CC(=O)CP(C)(C)=O. The summed E-state index contributed by atoms with van der Waals surface area (Å²) in [5.41, 5.74) is 0. The number of carbonyl (C=O) groups is 1. The molecule has 0 atom stereocenters. The standard InChI is InChI=1S/C5H11O2P/c1-5(6)4-8(2,3)7/h4H2,1-3H3. The number of hydrogen-bond donors (Lipinski definition) is 0. The van der Waals surface area contributed by atoms with Crippen molar-refractivity contribution in [2.75, 3.05) is 19.5 Å². The molecule has 0 N–H and O–H groups in total. The summed E-state index contributed by atoms with van der Waals surface area (Å²) >= 11 is 0. The molecule has 0 aromatic carbocycles. The normalized spacial score (nSPS) is 11.4. The molecule has 0 saturated heterocycles. The van der Waals surface area contributed by atoms with Crippen molar-refractivity contribution in [3.8, 4) is 0 Å². The van der Waals surface area contributed by atoms with Crippen molar-refractivity contribution in [1.29, 1.82) is 0 Å². The van der Waals surface area contributed by atoms with Gasteiger partial charge in [-0.2, -0.15) is 0 Å². The summed E-state index contributed by atoms with van der Waals surface area (Å²) in [6, 6.07) is 0. The van der Waals surface area contributed by atoms with Crippen LogP contribution in [0.1, 0.15) is 6.92 Å². The fourth-order valence-corrected chi connectivity index (χ4v) is 1.61. The Labute approximate surface area is 49.7 Å². The first-order valence-electron chi connectivity index (χ1n) is 2.45. The minimum Gasteiger partial charge on any atom is -0.324 e. The predicted molar refractivity (Wildman–Crippen MR) is 35.0 cm³/mol. The fourth-order valence-electron chi connectivity index (χ4n) is 0.536. The molecule has 0 fully saturated rings. The van der Waals surface area contributed by atoms with E-state index >= 15 is 0 Å². The van der Waals surface area contributed by atoms with E-state index in [1.165, 1.54) is 6.92 Å². The minimum atomic E-state index is -2.07. The van der Waals surface area contributed by atoms with Crippen molar-refractivity contribution in [1.82, 2.24) is 0 Å². The Kier molecular flexibility index (Phi) is 2.42. The van der Waals surface area contributed by atoms with Crippen LogP contribution in [0.2, 0.25) is 0 Å². The highest BCUT2D eigenvalue weighted by Crippen LogP contribution is 2.34. The second-order valence-electron chi connectivity index (χ2n) is 2.43. The minimum absolute atomic E-state index is 0.0123. The molecule has 48 valence electrons. The van der Waals surface area contributed by atoms with E-state index in [1.807, 2.05) is 0 Å². The summed E-state index contributed by atoms with van der Waals surface area (Å²) in [5.74, 6) is 0.0123. The average Bonchev–Trinajstić information content (AvgIpc) is 1.21. The van der Waals surface area contributed by atoms with Gasteiger partial charge in [-0.05, 0) is 20.3 Å². The Balaban J connectivity index is 3.74. The van der Waals surface area contributed by atoms with Crippen LogP contribution in [0, 0.1) is 0 Å². The van der Waals surface area contributed by atoms with Gasteiger partial charge in [-0.25, -0.2) is 0 Å². The highest BCUT2D eigenvalue weighted by molar-refractivity contribution is 7.63. The number of rotatable bonds is 2. The number of ketones is 1. The summed E-state index contributed by atoms with van der Waals surface area (Å²) in [5, 5.41) is 0. The zero-order chi connectivity index (χ0) is 6.78. The molecule has 0 aromatic rings. The van der Waals surface area contributed by atoms with Crippen LogP contribution in [0.3, 0.4) is 0 Å². The van der Waals surface area contributed by atoms with E-state index in [-0.39, 0.29) is 11.9 Å². The number of carbonyl (C=O) groups excluding carboxylic acids is 1. The van der Waals surface area contributed by atoms with Gasteiger partial charge in [0.2, 0.25) is 0 Å². The zero-order valence-corrected chi connectivity index (χ0v) is 6.37. The van der Waals surface area contributed by atoms with Crippen LogP contribution in [0.4, 0.5) is 0 Å². The molecule has 0 unspecified atom stereocenters. The molecule has 0 aliphatic carbocycles. The molecule has 3 heteroatoms. The second-order valence-corrected chi connectivity index (χ2v) is 5.90. The van der Waals surface area contributed by atoms with Gasteiger partial charge in [-0.1, -0.05) is 0 Å². The molecular formula is C5H11O2P. The first kappa shape index (κ1) is 7.90. The largest absolute Gasteiger partial charge is 0.324 e. The fraction of sp³-hybridized carbons (Fsp3) is 0.800. The van der Waals surface area contributed by atoms with E-state index in [0.717, 1.165) is 0 Å². The van der Waals surface area contributed by atoms with Crippen LogP contribution in [0.15, 0.2) is 0 Å². The summed E-state index contributed by atoms with van der Waals surface area (Å²) in [6.07, 6.45) is 0.243. The van der Waals surface area contributed by atoms with E-state index in [0.29, 0.717) is 0 Å². The van der Waals surface area contributed by atoms with Gasteiger partial charge in [0.1, 0.15) is 5.78 Å². The van der Waals surface area contributed by atoms with E-state index in [4.69, 9.17) is 0 Å². The van der Waals surface area contributed by atoms with Gasteiger partial charge < -0.3 is 4.57 Å². The Morgan fingerprint density at radius 2 is 1.88 bits per heavy atom. The second kappa shape index (κ2) is 2.45. The number of hydrogen-bond acceptors (Lipinski definition) is 2. The Morgan fingerprint density at radius 3 is 1.88 bits per heavy atom. The van der Waals surface area contributed by atoms with Crippen molar-refractivity contribution in [3.05, 3.63) is 0 Å². The molecule has 2 nitrogen and oxygen atoms in total. The molecule has 0 aliphatic heterocycles. The van der Waals surface area contributed by atoms with E-state index < -0.39 is 7.14 Å². The Morgan fingerprint density at radius 1 is 1.50 bits per heavy atom. The highest BCUT2D eigenvalue weighted by Gasteiger charge is 2.08. The Bertz CT molecular complexity index is 133. The molecule has 0 rings (SSSR count). The molecule has 0 aliphatic rings. The van der Waals surface area contributed by atoms with E-state index in [9.17, 15) is 9.36 Å². The maximum atomic E-state index is 10.8. The first-order valence-corrected chi connectivity index (χ1v) is 5.24. The molecule has 0 saturated carbocycles. The monoisotopic (exact) mass is 134 g/mol. The zero-order valence-electron chi connectivity index (χ0n) is 5.47. The lowest BCUT2D eigenvalue weighted by Gasteiger charge is -1.99. The molecule has 0 radical (unpaired) electrons. The van der Waals surface area contributed by atoms with Crippen molar-refractivity contribution >= 4 is 12.9 Å². The van der Waals surface area contributed by atoms with Gasteiger partial charge in [0.05, 0.1) is 13.3 Å². The van der Waals surface area contributed by atoms with Crippen molar-refractivity contribution in [3.63, 3.8) is 0 Å². The molecule has 0 aromatic heterocycles. The van der Waals surface area contributed by atoms with Crippen molar-refractivity contribution in [2.45, 2.75) is 6.92 Å². The lowest BCUT2D eigenvalue weighted by molar-refractivity contribution is -0.114.